The van der Waals surface area contributed by atoms with Crippen LogP contribution in [0.2, 0.25) is 5.02 Å². The standard InChI is InChI=1S/C10H5ClN2O4/c11-4-1-2-5-8(7(4)10(16)17)12-3-6(13-5)9(14)15/h1-3H,(H,14,15)(H,16,17). The number of rotatable bonds is 2. The number of aromatic carboxylic acids is 2. The third-order valence-electron chi connectivity index (χ3n) is 2.10. The Morgan fingerprint density at radius 2 is 1.88 bits per heavy atom. The Labute approximate surface area is 99.5 Å². The Balaban J connectivity index is 2.79. The van der Waals surface area contributed by atoms with E-state index >= 15 is 0 Å². The molecule has 0 bridgehead atoms. The Bertz CT molecular complexity index is 641. The van der Waals surface area contributed by atoms with Gasteiger partial charge in [-0.2, -0.15) is 0 Å². The summed E-state index contributed by atoms with van der Waals surface area (Å²) in [5.74, 6) is -2.47. The maximum atomic E-state index is 11.0. The predicted molar refractivity (Wildman–Crippen MR) is 58.5 cm³/mol. The zero-order chi connectivity index (χ0) is 12.6. The number of halogens is 1. The third-order valence-corrected chi connectivity index (χ3v) is 2.41. The van der Waals surface area contributed by atoms with Gasteiger partial charge in [-0.15, -0.1) is 0 Å². The van der Waals surface area contributed by atoms with Crippen LogP contribution in [0.15, 0.2) is 18.3 Å². The first-order valence-electron chi connectivity index (χ1n) is 4.42. The van der Waals surface area contributed by atoms with E-state index in [1.807, 2.05) is 0 Å². The Morgan fingerprint density at radius 3 is 2.47 bits per heavy atom. The van der Waals surface area contributed by atoms with Crippen molar-refractivity contribution in [2.75, 3.05) is 0 Å². The summed E-state index contributed by atoms with van der Waals surface area (Å²) in [5.41, 5.74) is -0.202. The summed E-state index contributed by atoms with van der Waals surface area (Å²) < 4.78 is 0. The minimum atomic E-state index is -1.24. The average Bonchev–Trinajstić information content (AvgIpc) is 2.27. The Hall–Kier alpha value is -2.21. The van der Waals surface area contributed by atoms with Crippen LogP contribution in [0.4, 0.5) is 0 Å². The maximum absolute atomic E-state index is 11.0. The molecule has 1 aromatic heterocycles. The van der Waals surface area contributed by atoms with Crippen molar-refractivity contribution in [2.24, 2.45) is 0 Å². The molecule has 2 rings (SSSR count). The topological polar surface area (TPSA) is 100 Å². The molecule has 0 fully saturated rings. The summed E-state index contributed by atoms with van der Waals surface area (Å²) in [7, 11) is 0. The molecule has 6 nitrogen and oxygen atoms in total. The molecule has 2 N–H and O–H groups in total. The van der Waals surface area contributed by atoms with Gasteiger partial charge in [-0.3, -0.25) is 4.98 Å². The van der Waals surface area contributed by atoms with Crippen LogP contribution in [0.1, 0.15) is 20.8 Å². The summed E-state index contributed by atoms with van der Waals surface area (Å²) >= 11 is 5.74. The molecule has 0 aliphatic heterocycles. The van der Waals surface area contributed by atoms with Gasteiger partial charge in [0, 0.05) is 0 Å². The normalized spacial score (nSPS) is 10.4. The smallest absolute Gasteiger partial charge is 0.356 e. The lowest BCUT2D eigenvalue weighted by atomic mass is 10.1. The van der Waals surface area contributed by atoms with Gasteiger partial charge in [-0.25, -0.2) is 14.6 Å². The van der Waals surface area contributed by atoms with Gasteiger partial charge < -0.3 is 10.2 Å². The van der Waals surface area contributed by atoms with Gasteiger partial charge in [-0.05, 0) is 12.1 Å². The van der Waals surface area contributed by atoms with E-state index in [2.05, 4.69) is 9.97 Å². The van der Waals surface area contributed by atoms with Gasteiger partial charge in [-0.1, -0.05) is 11.6 Å². The molecule has 7 heteroatoms. The molecule has 0 amide bonds. The van der Waals surface area contributed by atoms with E-state index in [-0.39, 0.29) is 27.3 Å². The van der Waals surface area contributed by atoms with E-state index in [9.17, 15) is 9.59 Å². The van der Waals surface area contributed by atoms with Crippen molar-refractivity contribution in [3.63, 3.8) is 0 Å². The lowest BCUT2D eigenvalue weighted by molar-refractivity contribution is 0.0684. The molecule has 17 heavy (non-hydrogen) atoms. The lowest BCUT2D eigenvalue weighted by Crippen LogP contribution is -2.05. The zero-order valence-corrected chi connectivity index (χ0v) is 8.97. The van der Waals surface area contributed by atoms with Gasteiger partial charge in [0.05, 0.1) is 16.7 Å². The van der Waals surface area contributed by atoms with E-state index < -0.39 is 11.9 Å². The summed E-state index contributed by atoms with van der Waals surface area (Å²) in [4.78, 5) is 29.2. The van der Waals surface area contributed by atoms with Crippen LogP contribution in [0.25, 0.3) is 11.0 Å². The van der Waals surface area contributed by atoms with Gasteiger partial charge in [0.15, 0.2) is 5.69 Å². The molecule has 0 spiro atoms. The minimum absolute atomic E-state index is 0.0300. The quantitative estimate of drug-likeness (QED) is 0.843. The first-order valence-corrected chi connectivity index (χ1v) is 4.80. The van der Waals surface area contributed by atoms with Crippen molar-refractivity contribution >= 4 is 34.6 Å². The van der Waals surface area contributed by atoms with Crippen molar-refractivity contribution in [1.29, 1.82) is 0 Å². The van der Waals surface area contributed by atoms with Crippen molar-refractivity contribution in [2.45, 2.75) is 0 Å². The first kappa shape index (κ1) is 11.3. The van der Waals surface area contributed by atoms with E-state index in [4.69, 9.17) is 21.8 Å². The number of fused-ring (bicyclic) bond motifs is 1. The van der Waals surface area contributed by atoms with E-state index in [1.54, 1.807) is 0 Å². The van der Waals surface area contributed by atoms with Gasteiger partial charge in [0.1, 0.15) is 11.1 Å². The molecule has 2 aromatic rings. The highest BCUT2D eigenvalue weighted by Gasteiger charge is 2.16. The molecule has 86 valence electrons. The van der Waals surface area contributed by atoms with Crippen LogP contribution in [0, 0.1) is 0 Å². The molecule has 0 unspecified atom stereocenters. The largest absolute Gasteiger partial charge is 0.478 e. The molecule has 0 saturated carbocycles. The summed E-state index contributed by atoms with van der Waals surface area (Å²) in [6.45, 7) is 0. The number of aromatic nitrogens is 2. The van der Waals surface area contributed by atoms with E-state index in [0.29, 0.717) is 0 Å². The van der Waals surface area contributed by atoms with Crippen LogP contribution < -0.4 is 0 Å². The zero-order valence-electron chi connectivity index (χ0n) is 8.22. The van der Waals surface area contributed by atoms with Crippen molar-refractivity contribution in [3.8, 4) is 0 Å². The number of carboxylic acid groups (broad SMARTS) is 2. The van der Waals surface area contributed by atoms with Crippen molar-refractivity contribution < 1.29 is 19.8 Å². The molecule has 1 heterocycles. The van der Waals surface area contributed by atoms with Crippen molar-refractivity contribution in [3.05, 3.63) is 34.6 Å². The number of carbonyl (C=O) groups is 2. The van der Waals surface area contributed by atoms with Crippen LogP contribution >= 0.6 is 11.6 Å². The fraction of sp³-hybridized carbons (Fsp3) is 0. The van der Waals surface area contributed by atoms with E-state index in [1.165, 1.54) is 12.1 Å². The average molecular weight is 253 g/mol. The number of hydrogen-bond acceptors (Lipinski definition) is 4. The monoisotopic (exact) mass is 252 g/mol. The highest BCUT2D eigenvalue weighted by atomic mass is 35.5. The minimum Gasteiger partial charge on any atom is -0.478 e. The van der Waals surface area contributed by atoms with Gasteiger partial charge in [0.25, 0.3) is 0 Å². The van der Waals surface area contributed by atoms with Crippen LogP contribution in [-0.2, 0) is 0 Å². The molecule has 0 saturated heterocycles. The number of carboxylic acids is 2. The third kappa shape index (κ3) is 1.90. The second kappa shape index (κ2) is 3.99. The summed E-state index contributed by atoms with van der Waals surface area (Å²) in [5, 5.41) is 17.7. The Kier molecular flexibility index (Phi) is 2.64. The SMILES string of the molecule is O=C(O)c1cnc2c(C(=O)O)c(Cl)ccc2n1. The number of nitrogens with zero attached hydrogens (tertiary/aromatic N) is 2. The number of hydrogen-bond donors (Lipinski definition) is 2. The highest BCUT2D eigenvalue weighted by molar-refractivity contribution is 6.35. The molecule has 0 aliphatic carbocycles. The fourth-order valence-electron chi connectivity index (χ4n) is 1.37. The Morgan fingerprint density at radius 1 is 1.18 bits per heavy atom. The molecule has 0 aliphatic rings. The molecule has 1 aromatic carbocycles. The predicted octanol–water partition coefficient (Wildman–Crippen LogP) is 1.68. The maximum Gasteiger partial charge on any atom is 0.356 e. The molecule has 0 radical (unpaired) electrons. The van der Waals surface area contributed by atoms with Crippen LogP contribution in [0.5, 0.6) is 0 Å². The fourth-order valence-corrected chi connectivity index (χ4v) is 1.60. The summed E-state index contributed by atoms with van der Waals surface area (Å²) in [6.07, 6.45) is 0.993. The van der Waals surface area contributed by atoms with Crippen LogP contribution in [-0.4, -0.2) is 32.1 Å². The molecular weight excluding hydrogens is 248 g/mol. The van der Waals surface area contributed by atoms with Gasteiger partial charge >= 0.3 is 11.9 Å². The second-order valence-corrected chi connectivity index (χ2v) is 3.56. The first-order chi connectivity index (χ1) is 8.00. The van der Waals surface area contributed by atoms with Gasteiger partial charge in [0.2, 0.25) is 0 Å². The second-order valence-electron chi connectivity index (χ2n) is 3.16. The molecular formula is C10H5ClN2O4. The van der Waals surface area contributed by atoms with E-state index in [0.717, 1.165) is 6.20 Å². The molecule has 0 atom stereocenters. The highest BCUT2D eigenvalue weighted by Crippen LogP contribution is 2.23. The lowest BCUT2D eigenvalue weighted by Gasteiger charge is -2.03. The van der Waals surface area contributed by atoms with Crippen molar-refractivity contribution in [1.82, 2.24) is 9.97 Å². The van der Waals surface area contributed by atoms with Crippen LogP contribution in [0.3, 0.4) is 0 Å². The number of benzene rings is 1. The summed E-state index contributed by atoms with van der Waals surface area (Å²) in [6, 6.07) is 2.76.